The summed E-state index contributed by atoms with van der Waals surface area (Å²) in [5.74, 6) is 0.113. The van der Waals surface area contributed by atoms with Crippen molar-refractivity contribution in [3.05, 3.63) is 25.3 Å². The van der Waals surface area contributed by atoms with Gasteiger partial charge in [-0.1, -0.05) is 0 Å². The van der Waals surface area contributed by atoms with Crippen LogP contribution < -0.4 is 31.4 Å². The largest absolute Gasteiger partial charge is 0.766 e. The molecule has 0 aromatic carbocycles. The Morgan fingerprint density at radius 3 is 1.57 bits per heavy atom. The van der Waals surface area contributed by atoms with Crippen LogP contribution in [-0.2, 0) is 27.7 Å². The molecular weight excluding hydrogens is 630 g/mol. The van der Waals surface area contributed by atoms with Crippen molar-refractivity contribution >= 4 is 49.5 Å². The highest BCUT2D eigenvalue weighted by Crippen LogP contribution is 2.45. The molecule has 4 unspecified atom stereocenters. The molecule has 3 saturated heterocycles. The smallest absolute Gasteiger partial charge is 0.204 e. The molecule has 3 aliphatic rings. The standard InChI is InChI=1S/C20H26N12O10P2/c21-15-11-17(25-3-23-15)31(5-27-11)19-13(33)9-7(41-19)1-39-43(35,36)30-10-8(2-40-44(37,38)29-9)42-20(14(10)34)32-6-28-12-16(22)24-4-26-18(12)32/h3-10,13-14,19-20,33-34H,1-2H2,(H2,21,23,25)(H2,22,24,26)(H2,29,37,38)(H2,30,35,36)/p-2/t7-,8-,9+,10?,13?,14+,19-,20-/m1/s1. The number of rotatable bonds is 2. The van der Waals surface area contributed by atoms with E-state index in [9.17, 15) is 29.1 Å². The van der Waals surface area contributed by atoms with Crippen LogP contribution in [0.15, 0.2) is 25.3 Å². The van der Waals surface area contributed by atoms with Crippen molar-refractivity contribution in [2.75, 3.05) is 24.7 Å². The summed E-state index contributed by atoms with van der Waals surface area (Å²) in [4.78, 5) is 50.2. The number of anilines is 2. The molecule has 24 heteroatoms. The second kappa shape index (κ2) is 10.7. The van der Waals surface area contributed by atoms with Gasteiger partial charge in [0.1, 0.15) is 48.1 Å². The van der Waals surface area contributed by atoms with E-state index in [1.807, 2.05) is 0 Å². The fourth-order valence-electron chi connectivity index (χ4n) is 5.44. The molecule has 44 heavy (non-hydrogen) atoms. The Bertz CT molecular complexity index is 1690. The molecule has 4 aromatic rings. The quantitative estimate of drug-likeness (QED) is 0.113. The molecule has 4 aromatic heterocycles. The Morgan fingerprint density at radius 2 is 1.16 bits per heavy atom. The highest BCUT2D eigenvalue weighted by molar-refractivity contribution is 7.49. The predicted molar refractivity (Wildman–Crippen MR) is 140 cm³/mol. The number of nitrogen functional groups attached to an aromatic ring is 2. The second-order valence-corrected chi connectivity index (χ2v) is 13.2. The maximum atomic E-state index is 13.1. The fraction of sp³-hybridized carbons (Fsp3) is 0.500. The number of aromatic nitrogens is 8. The number of hydrogen-bond acceptors (Lipinski definition) is 18. The van der Waals surface area contributed by atoms with Gasteiger partial charge in [0.05, 0.1) is 38.0 Å². The van der Waals surface area contributed by atoms with Crippen LogP contribution in [0.25, 0.3) is 22.3 Å². The predicted octanol–water partition coefficient (Wildman–Crippen LogP) is -3.75. The van der Waals surface area contributed by atoms with Crippen LogP contribution >= 0.6 is 15.5 Å². The van der Waals surface area contributed by atoms with Gasteiger partial charge in [-0.2, -0.15) is 0 Å². The van der Waals surface area contributed by atoms with Crippen LogP contribution in [0, 0.1) is 0 Å². The van der Waals surface area contributed by atoms with Gasteiger partial charge >= 0.3 is 0 Å². The van der Waals surface area contributed by atoms with Crippen molar-refractivity contribution in [1.82, 2.24) is 49.2 Å². The molecule has 236 valence electrons. The molecule has 3 aliphatic heterocycles. The Balaban J connectivity index is 1.17. The lowest BCUT2D eigenvalue weighted by Gasteiger charge is -2.36. The maximum Gasteiger partial charge on any atom is 0.204 e. The van der Waals surface area contributed by atoms with Crippen LogP contribution in [0.3, 0.4) is 0 Å². The lowest BCUT2D eigenvalue weighted by Crippen LogP contribution is -2.50. The molecule has 8 N–H and O–H groups in total. The van der Waals surface area contributed by atoms with Gasteiger partial charge in [0.2, 0.25) is 15.5 Å². The summed E-state index contributed by atoms with van der Waals surface area (Å²) in [5.41, 5.74) is 12.4. The number of ether oxygens (including phenoxy) is 2. The third kappa shape index (κ3) is 5.04. The number of imidazole rings is 2. The van der Waals surface area contributed by atoms with E-state index in [1.165, 1.54) is 34.4 Å². The molecule has 0 amide bonds. The van der Waals surface area contributed by atoms with Crippen LogP contribution in [0.2, 0.25) is 0 Å². The number of nitrogens with one attached hydrogen (secondary N) is 2. The third-order valence-electron chi connectivity index (χ3n) is 7.50. The molecule has 7 heterocycles. The first-order valence-corrected chi connectivity index (χ1v) is 16.0. The minimum absolute atomic E-state index is 0.0563. The highest BCUT2D eigenvalue weighted by atomic mass is 31.2. The minimum Gasteiger partial charge on any atom is -0.766 e. The van der Waals surface area contributed by atoms with Crippen molar-refractivity contribution < 1.29 is 47.7 Å². The zero-order valence-corrected chi connectivity index (χ0v) is 23.9. The number of fused-ring (bicyclic) bond motifs is 4. The van der Waals surface area contributed by atoms with Gasteiger partial charge in [0.15, 0.2) is 35.4 Å². The minimum atomic E-state index is -4.99. The molecule has 3 fully saturated rings. The Hall–Kier alpha value is -3.24. The molecular formula is C20H24N12O10P2-2. The fourth-order valence-corrected chi connectivity index (χ4v) is 7.65. The van der Waals surface area contributed by atoms with Gasteiger partial charge in [-0.05, 0) is 0 Å². The molecule has 0 radical (unpaired) electrons. The molecule has 10 atom stereocenters. The zero-order chi connectivity index (χ0) is 31.0. The average Bonchev–Trinajstić information content (AvgIpc) is 3.73. The molecule has 7 rings (SSSR count). The van der Waals surface area contributed by atoms with Gasteiger partial charge < -0.3 is 50.0 Å². The monoisotopic (exact) mass is 654 g/mol. The highest BCUT2D eigenvalue weighted by Gasteiger charge is 2.50. The summed E-state index contributed by atoms with van der Waals surface area (Å²) in [6, 6.07) is -2.89. The van der Waals surface area contributed by atoms with Gasteiger partial charge in [-0.25, -0.2) is 40.1 Å². The SMILES string of the molecule is Nc1ncnc2c1ncn2[C@@H]1O[C@@H]2COP(=O)([O-])NC3[C@@H](COP(=O)([O-])N[C@@H]2C1O)O[C@@H](n1cnc2c(N)ncnc21)[C@H]3O. The first kappa shape index (κ1) is 29.5. The van der Waals surface area contributed by atoms with Crippen molar-refractivity contribution in [3.63, 3.8) is 0 Å². The average molecular weight is 654 g/mol. The van der Waals surface area contributed by atoms with E-state index in [0.29, 0.717) is 0 Å². The maximum absolute atomic E-state index is 13.1. The number of hydrogen-bond donors (Lipinski definition) is 6. The Kier molecular flexibility index (Phi) is 7.16. The van der Waals surface area contributed by atoms with Crippen LogP contribution in [0.1, 0.15) is 12.5 Å². The van der Waals surface area contributed by atoms with E-state index in [2.05, 4.69) is 40.1 Å². The van der Waals surface area contributed by atoms with Crippen LogP contribution in [-0.4, -0.2) is 99.0 Å². The number of nitrogens with two attached hydrogens (primary N) is 2. The zero-order valence-electron chi connectivity index (χ0n) is 22.1. The van der Waals surface area contributed by atoms with Gasteiger partial charge in [0, 0.05) is 0 Å². The van der Waals surface area contributed by atoms with Gasteiger partial charge in [-0.3, -0.25) is 18.3 Å². The van der Waals surface area contributed by atoms with Crippen LogP contribution in [0.5, 0.6) is 0 Å². The van der Waals surface area contributed by atoms with Crippen LogP contribution in [0.4, 0.5) is 11.6 Å². The summed E-state index contributed by atoms with van der Waals surface area (Å²) < 4.78 is 50.8. The lowest BCUT2D eigenvalue weighted by molar-refractivity contribution is -0.209. The van der Waals surface area contributed by atoms with Crippen molar-refractivity contribution in [3.8, 4) is 0 Å². The first-order valence-electron chi connectivity index (χ1n) is 12.9. The van der Waals surface area contributed by atoms with E-state index in [1.54, 1.807) is 0 Å². The van der Waals surface area contributed by atoms with E-state index >= 15 is 0 Å². The summed E-state index contributed by atoms with van der Waals surface area (Å²) in [5, 5.41) is 26.7. The molecule has 0 spiro atoms. The third-order valence-corrected chi connectivity index (χ3v) is 9.71. The van der Waals surface area contributed by atoms with Crippen molar-refractivity contribution in [2.24, 2.45) is 0 Å². The number of aliphatic hydroxyl groups excluding tert-OH is 2. The number of nitrogens with zero attached hydrogens (tertiary/aromatic N) is 8. The molecule has 22 nitrogen and oxygen atoms in total. The van der Waals surface area contributed by atoms with Gasteiger partial charge in [-0.15, -0.1) is 0 Å². The summed E-state index contributed by atoms with van der Waals surface area (Å²) in [6.45, 7) is -1.49. The van der Waals surface area contributed by atoms with E-state index in [4.69, 9.17) is 30.0 Å². The Labute approximate surface area is 245 Å². The van der Waals surface area contributed by atoms with Gasteiger partial charge in [0.25, 0.3) is 0 Å². The first-order chi connectivity index (χ1) is 20.9. The van der Waals surface area contributed by atoms with E-state index in [0.717, 1.165) is 0 Å². The Morgan fingerprint density at radius 1 is 0.750 bits per heavy atom. The normalized spacial score (nSPS) is 38.3. The summed E-state index contributed by atoms with van der Waals surface area (Å²) >= 11 is 0. The van der Waals surface area contributed by atoms with E-state index < -0.39 is 77.7 Å². The number of aliphatic hydroxyl groups is 2. The molecule has 0 aliphatic carbocycles. The van der Waals surface area contributed by atoms with E-state index in [-0.39, 0.29) is 34.0 Å². The topological polar surface area (TPSA) is 321 Å². The molecule has 0 bridgehead atoms. The second-order valence-electron chi connectivity index (χ2n) is 10.2. The summed E-state index contributed by atoms with van der Waals surface area (Å²) in [6.07, 6.45) is -3.65. The van der Waals surface area contributed by atoms with Crippen molar-refractivity contribution in [2.45, 2.75) is 49.0 Å². The summed E-state index contributed by atoms with van der Waals surface area (Å²) in [7, 11) is -9.98. The molecule has 0 saturated carbocycles. The lowest BCUT2D eigenvalue weighted by atomic mass is 10.1. The van der Waals surface area contributed by atoms with Crippen molar-refractivity contribution in [1.29, 1.82) is 0 Å².